The van der Waals surface area contributed by atoms with Crippen LogP contribution in [0.1, 0.15) is 45.0 Å². The van der Waals surface area contributed by atoms with E-state index in [1.807, 2.05) is 14.0 Å². The largest absolute Gasteiger partial charge is 0.481 e. The van der Waals surface area contributed by atoms with Crippen LogP contribution in [0.3, 0.4) is 0 Å². The molecule has 1 aromatic rings. The Morgan fingerprint density at radius 2 is 1.95 bits per heavy atom. The van der Waals surface area contributed by atoms with E-state index < -0.39 is 0 Å². The van der Waals surface area contributed by atoms with Crippen LogP contribution in [0.5, 0.6) is 5.88 Å². The van der Waals surface area contributed by atoms with Gasteiger partial charge in [0.05, 0.1) is 24.4 Å². The molecule has 2 N–H and O–H groups in total. The summed E-state index contributed by atoms with van der Waals surface area (Å²) in [5, 5.41) is 4.46. The molecule has 0 aliphatic rings. The van der Waals surface area contributed by atoms with Crippen LogP contribution < -0.4 is 10.5 Å². The highest BCUT2D eigenvalue weighted by molar-refractivity contribution is 5.34. The lowest BCUT2D eigenvalue weighted by molar-refractivity contribution is 0.0984. The number of aryl methyl sites for hydroxylation is 2. The van der Waals surface area contributed by atoms with Crippen LogP contribution in [0.15, 0.2) is 0 Å². The van der Waals surface area contributed by atoms with Gasteiger partial charge in [0.25, 0.3) is 0 Å². The van der Waals surface area contributed by atoms with Gasteiger partial charge in [-0.2, -0.15) is 5.10 Å². The first-order chi connectivity index (χ1) is 9.15. The topological polar surface area (TPSA) is 56.3 Å². The van der Waals surface area contributed by atoms with Gasteiger partial charge < -0.3 is 10.5 Å². The molecule has 2 unspecified atom stereocenters. The van der Waals surface area contributed by atoms with E-state index in [9.17, 15) is 0 Å². The highest BCUT2D eigenvalue weighted by atomic mass is 16.5. The Balaban J connectivity index is 3.20. The number of nitrogens with zero attached hydrogens (tertiary/aromatic N) is 3. The summed E-state index contributed by atoms with van der Waals surface area (Å²) in [6, 6.07) is 0.494. The quantitative estimate of drug-likeness (QED) is 0.898. The first-order valence-corrected chi connectivity index (χ1v) is 7.14. The second-order valence-corrected chi connectivity index (χ2v) is 6.59. The number of nitrogens with two attached hydrogens (primary N) is 1. The zero-order valence-corrected chi connectivity index (χ0v) is 14.2. The minimum atomic E-state index is 0.105. The van der Waals surface area contributed by atoms with Gasteiger partial charge in [0.2, 0.25) is 5.88 Å². The Morgan fingerprint density at radius 3 is 2.35 bits per heavy atom. The average Bonchev–Trinajstić information content (AvgIpc) is 2.63. The van der Waals surface area contributed by atoms with Crippen LogP contribution in [0.25, 0.3) is 0 Å². The van der Waals surface area contributed by atoms with Gasteiger partial charge in [0.15, 0.2) is 0 Å². The molecular weight excluding hydrogens is 252 g/mol. The van der Waals surface area contributed by atoms with E-state index in [1.54, 1.807) is 11.8 Å². The molecule has 20 heavy (non-hydrogen) atoms. The summed E-state index contributed by atoms with van der Waals surface area (Å²) in [7, 11) is 5.70. The Morgan fingerprint density at radius 1 is 1.40 bits per heavy atom. The van der Waals surface area contributed by atoms with E-state index in [0.717, 1.165) is 17.1 Å². The lowest BCUT2D eigenvalue weighted by Crippen LogP contribution is -2.44. The monoisotopic (exact) mass is 282 g/mol. The minimum Gasteiger partial charge on any atom is -0.481 e. The van der Waals surface area contributed by atoms with Crippen molar-refractivity contribution in [2.24, 2.45) is 18.2 Å². The molecule has 0 saturated carbocycles. The summed E-state index contributed by atoms with van der Waals surface area (Å²) in [6.07, 6.45) is 0. The summed E-state index contributed by atoms with van der Waals surface area (Å²) < 4.78 is 7.29. The van der Waals surface area contributed by atoms with Gasteiger partial charge in [-0.25, -0.2) is 4.68 Å². The van der Waals surface area contributed by atoms with Crippen molar-refractivity contribution in [2.75, 3.05) is 20.7 Å². The van der Waals surface area contributed by atoms with Crippen molar-refractivity contribution in [2.45, 2.75) is 46.7 Å². The Hall–Kier alpha value is -1.07. The van der Waals surface area contributed by atoms with Crippen LogP contribution in [0, 0.1) is 12.3 Å². The van der Waals surface area contributed by atoms with Crippen molar-refractivity contribution in [3.63, 3.8) is 0 Å². The zero-order valence-electron chi connectivity index (χ0n) is 14.2. The molecule has 1 rings (SSSR count). The molecule has 0 fully saturated rings. The first-order valence-electron chi connectivity index (χ1n) is 7.14. The van der Waals surface area contributed by atoms with E-state index >= 15 is 0 Å². The van der Waals surface area contributed by atoms with Crippen molar-refractivity contribution in [1.82, 2.24) is 14.7 Å². The molecule has 0 aromatic carbocycles. The normalized spacial score (nSPS) is 15.5. The molecule has 5 nitrogen and oxygen atoms in total. The van der Waals surface area contributed by atoms with E-state index in [0.29, 0.717) is 12.6 Å². The summed E-state index contributed by atoms with van der Waals surface area (Å²) >= 11 is 0. The van der Waals surface area contributed by atoms with Crippen molar-refractivity contribution >= 4 is 0 Å². The van der Waals surface area contributed by atoms with Crippen LogP contribution in [-0.2, 0) is 7.05 Å². The molecule has 0 radical (unpaired) electrons. The first kappa shape index (κ1) is 17.0. The van der Waals surface area contributed by atoms with Gasteiger partial charge in [-0.05, 0) is 26.3 Å². The number of methoxy groups -OCH3 is 1. The predicted octanol–water partition coefficient (Wildman–Crippen LogP) is 2.10. The molecule has 0 bridgehead atoms. The van der Waals surface area contributed by atoms with Crippen molar-refractivity contribution in [3.05, 3.63) is 11.3 Å². The Kier molecular flexibility index (Phi) is 5.21. The van der Waals surface area contributed by atoms with Crippen molar-refractivity contribution < 1.29 is 4.74 Å². The summed E-state index contributed by atoms with van der Waals surface area (Å²) in [6.45, 7) is 11.5. The minimum absolute atomic E-state index is 0.105. The van der Waals surface area contributed by atoms with Gasteiger partial charge in [0.1, 0.15) is 0 Å². The lowest BCUT2D eigenvalue weighted by atomic mass is 9.86. The van der Waals surface area contributed by atoms with E-state index in [4.69, 9.17) is 10.5 Å². The van der Waals surface area contributed by atoms with Gasteiger partial charge in [-0.15, -0.1) is 0 Å². The van der Waals surface area contributed by atoms with Crippen LogP contribution in [0.4, 0.5) is 0 Å². The SMILES string of the molecule is COc1c(C(CN)N(C)C(C)C(C)(C)C)c(C)nn1C. The molecule has 5 heteroatoms. The fourth-order valence-electron chi connectivity index (χ4n) is 2.65. The molecule has 1 aromatic heterocycles. The number of rotatable bonds is 5. The van der Waals surface area contributed by atoms with E-state index in [1.165, 1.54) is 0 Å². The molecule has 116 valence electrons. The summed E-state index contributed by atoms with van der Waals surface area (Å²) in [5.74, 6) is 0.797. The molecule has 0 spiro atoms. The van der Waals surface area contributed by atoms with Crippen molar-refractivity contribution in [3.8, 4) is 5.88 Å². The maximum Gasteiger partial charge on any atom is 0.216 e. The number of aromatic nitrogens is 2. The molecular formula is C15H30N4O. The summed E-state index contributed by atoms with van der Waals surface area (Å²) in [5.41, 5.74) is 8.31. The smallest absolute Gasteiger partial charge is 0.216 e. The number of hydrogen-bond donors (Lipinski definition) is 1. The van der Waals surface area contributed by atoms with Gasteiger partial charge in [-0.3, -0.25) is 4.90 Å². The molecule has 1 heterocycles. The molecule has 0 amide bonds. The van der Waals surface area contributed by atoms with Gasteiger partial charge >= 0.3 is 0 Å². The van der Waals surface area contributed by atoms with Gasteiger partial charge in [0, 0.05) is 19.6 Å². The highest BCUT2D eigenvalue weighted by Gasteiger charge is 2.32. The lowest BCUT2D eigenvalue weighted by Gasteiger charge is -2.40. The molecule has 2 atom stereocenters. The standard InChI is InChI=1S/C15H30N4O/c1-10-13(14(20-8)19(7)17-10)12(9-16)18(6)11(2)15(3,4)5/h11-12H,9,16H2,1-8H3. The maximum atomic E-state index is 6.05. The number of likely N-dealkylation sites (N-methyl/N-ethyl adjacent to an activating group) is 1. The van der Waals surface area contributed by atoms with E-state index in [2.05, 4.69) is 44.7 Å². The van der Waals surface area contributed by atoms with Gasteiger partial charge in [-0.1, -0.05) is 20.8 Å². The second-order valence-electron chi connectivity index (χ2n) is 6.59. The third-order valence-electron chi connectivity index (χ3n) is 4.32. The van der Waals surface area contributed by atoms with Crippen molar-refractivity contribution in [1.29, 1.82) is 0 Å². The number of hydrogen-bond acceptors (Lipinski definition) is 4. The zero-order chi connectivity index (χ0) is 15.7. The maximum absolute atomic E-state index is 6.05. The molecule has 0 saturated heterocycles. The number of ether oxygens (including phenoxy) is 1. The van der Waals surface area contributed by atoms with Crippen LogP contribution >= 0.6 is 0 Å². The summed E-state index contributed by atoms with van der Waals surface area (Å²) in [4.78, 5) is 2.33. The van der Waals surface area contributed by atoms with E-state index in [-0.39, 0.29) is 11.5 Å². The fourth-order valence-corrected chi connectivity index (χ4v) is 2.65. The average molecular weight is 282 g/mol. The van der Waals surface area contributed by atoms with Crippen LogP contribution in [0.2, 0.25) is 0 Å². The third kappa shape index (κ3) is 3.15. The Bertz CT molecular complexity index is 447. The molecule has 0 aliphatic heterocycles. The molecule has 0 aliphatic carbocycles. The second kappa shape index (κ2) is 6.14. The highest BCUT2D eigenvalue weighted by Crippen LogP contribution is 2.35. The predicted molar refractivity (Wildman–Crippen MR) is 83.0 cm³/mol. The van der Waals surface area contributed by atoms with Crippen LogP contribution in [-0.4, -0.2) is 41.4 Å². The third-order valence-corrected chi connectivity index (χ3v) is 4.32. The Labute approximate surface area is 123 Å². The fraction of sp³-hybridized carbons (Fsp3) is 0.800.